The molecule has 0 spiro atoms. The summed E-state index contributed by atoms with van der Waals surface area (Å²) in [7, 11) is 0. The Morgan fingerprint density at radius 2 is 0.429 bits per heavy atom. The fourth-order valence-corrected chi connectivity index (χ4v) is 0. The maximum atomic E-state index is 0. The molecule has 0 saturated carbocycles. The molecule has 0 amide bonds. The molecule has 0 aromatic carbocycles. The number of hydrogen-bond donors (Lipinski definition) is 0. The molecule has 0 aliphatic heterocycles. The van der Waals surface area contributed by atoms with Crippen LogP contribution in [-0.4, -0.2) is 16.4 Å². The van der Waals surface area contributed by atoms with Crippen LogP contribution in [0.4, 0.5) is 0 Å². The Labute approximate surface area is 73.2 Å². The van der Waals surface area contributed by atoms with Crippen molar-refractivity contribution in [2.75, 3.05) is 0 Å². The van der Waals surface area contributed by atoms with Crippen molar-refractivity contribution in [3.8, 4) is 0 Å². The molecular formula is H6Cl3O3Ru+. The van der Waals surface area contributed by atoms with E-state index >= 15 is 0 Å². The minimum Gasteiger partial charge on any atom is -1.00 e. The Kier molecular flexibility index (Phi) is 5470. The third-order valence-electron chi connectivity index (χ3n) is 0. The summed E-state index contributed by atoms with van der Waals surface area (Å²) in [5.41, 5.74) is 0. The van der Waals surface area contributed by atoms with E-state index in [0.29, 0.717) is 0 Å². The van der Waals surface area contributed by atoms with E-state index in [-0.39, 0.29) is 73.1 Å². The predicted octanol–water partition coefficient (Wildman–Crippen LogP) is -11.5. The van der Waals surface area contributed by atoms with Crippen LogP contribution in [0.5, 0.6) is 0 Å². The van der Waals surface area contributed by atoms with Gasteiger partial charge in [-0.3, -0.25) is 0 Å². The van der Waals surface area contributed by atoms with Crippen molar-refractivity contribution in [1.29, 1.82) is 0 Å². The van der Waals surface area contributed by atoms with E-state index in [2.05, 4.69) is 0 Å². The summed E-state index contributed by atoms with van der Waals surface area (Å²) in [5, 5.41) is 0. The summed E-state index contributed by atoms with van der Waals surface area (Å²) in [6.07, 6.45) is 0. The van der Waals surface area contributed by atoms with E-state index in [1.165, 1.54) is 0 Å². The molecule has 0 heterocycles. The van der Waals surface area contributed by atoms with Crippen molar-refractivity contribution in [1.82, 2.24) is 0 Å². The monoisotopic (exact) mass is 261 g/mol. The number of halogens is 3. The molecule has 7 heavy (non-hydrogen) atoms. The van der Waals surface area contributed by atoms with Gasteiger partial charge >= 0.3 is 19.5 Å². The molecule has 0 unspecified atom stereocenters. The van der Waals surface area contributed by atoms with Crippen molar-refractivity contribution in [3.05, 3.63) is 0 Å². The number of hydrogen-bond acceptors (Lipinski definition) is 0. The fraction of sp³-hybridized carbons (Fsp3) is 0. The average molecular weight is 261 g/mol. The van der Waals surface area contributed by atoms with Gasteiger partial charge in [0.1, 0.15) is 0 Å². The van der Waals surface area contributed by atoms with Crippen LogP contribution in [0.1, 0.15) is 0 Å². The van der Waals surface area contributed by atoms with Crippen LogP contribution in [-0.2, 0) is 19.5 Å². The van der Waals surface area contributed by atoms with E-state index in [4.69, 9.17) is 0 Å². The zero-order chi connectivity index (χ0) is 0. The molecule has 0 fully saturated rings. The molecule has 7 heteroatoms. The smallest absolute Gasteiger partial charge is 1.00 e. The van der Waals surface area contributed by atoms with Gasteiger partial charge in [-0.1, -0.05) is 0 Å². The molecule has 0 aromatic heterocycles. The molecule has 0 aliphatic carbocycles. The first-order valence-corrected chi connectivity index (χ1v) is 0. The standard InChI is InChI=1S/3ClH.3H2O.Ru/h3*1H;3*1H2;/q;;;;;;+4/p-3. The third-order valence-corrected chi connectivity index (χ3v) is 0. The van der Waals surface area contributed by atoms with Gasteiger partial charge in [0.05, 0.1) is 0 Å². The molecule has 6 N–H and O–H groups in total. The summed E-state index contributed by atoms with van der Waals surface area (Å²) in [6.45, 7) is 0. The molecule has 0 rings (SSSR count). The predicted molar refractivity (Wildman–Crippen MR) is 10.8 cm³/mol. The van der Waals surface area contributed by atoms with Crippen LogP contribution >= 0.6 is 0 Å². The third kappa shape index (κ3) is 113. The Hall–Kier alpha value is 1.37. The van der Waals surface area contributed by atoms with Crippen molar-refractivity contribution in [2.24, 2.45) is 0 Å². The first-order chi connectivity index (χ1) is 0. The topological polar surface area (TPSA) is 94.5 Å². The first-order valence-electron chi connectivity index (χ1n) is 0. The van der Waals surface area contributed by atoms with Crippen LogP contribution in [0, 0.1) is 0 Å². The van der Waals surface area contributed by atoms with Crippen LogP contribution < -0.4 is 37.2 Å². The van der Waals surface area contributed by atoms with E-state index in [1.807, 2.05) is 0 Å². The Balaban J connectivity index is 0. The van der Waals surface area contributed by atoms with Gasteiger partial charge in [-0.05, 0) is 0 Å². The Morgan fingerprint density at radius 1 is 0.429 bits per heavy atom. The van der Waals surface area contributed by atoms with Gasteiger partial charge < -0.3 is 53.6 Å². The van der Waals surface area contributed by atoms with Crippen LogP contribution in [0.15, 0.2) is 0 Å². The number of rotatable bonds is 0. The van der Waals surface area contributed by atoms with E-state index in [9.17, 15) is 0 Å². The van der Waals surface area contributed by atoms with Crippen LogP contribution in [0.25, 0.3) is 0 Å². The molecule has 0 bridgehead atoms. The van der Waals surface area contributed by atoms with Crippen LogP contribution in [0.3, 0.4) is 0 Å². The van der Waals surface area contributed by atoms with Gasteiger partial charge in [-0.15, -0.1) is 0 Å². The summed E-state index contributed by atoms with van der Waals surface area (Å²) < 4.78 is 0. The average Bonchev–Trinajstić information content (AvgIpc) is 0. The fourth-order valence-electron chi connectivity index (χ4n) is 0. The second-order valence-electron chi connectivity index (χ2n) is 0. The van der Waals surface area contributed by atoms with E-state index in [0.717, 1.165) is 0 Å². The van der Waals surface area contributed by atoms with Gasteiger partial charge in [0, 0.05) is 0 Å². The van der Waals surface area contributed by atoms with Crippen molar-refractivity contribution < 1.29 is 73.1 Å². The largest absolute Gasteiger partial charge is 4.00 e. The zero-order valence-electron chi connectivity index (χ0n) is 2.99. The Morgan fingerprint density at radius 3 is 0.429 bits per heavy atom. The van der Waals surface area contributed by atoms with E-state index in [1.54, 1.807) is 0 Å². The molecular weight excluding hydrogens is 255 g/mol. The Bertz CT molecular complexity index is 10.1. The van der Waals surface area contributed by atoms with Gasteiger partial charge in [0.15, 0.2) is 0 Å². The molecule has 0 radical (unpaired) electrons. The second kappa shape index (κ2) is 159. The first kappa shape index (κ1) is 241. The molecule has 0 saturated heterocycles. The summed E-state index contributed by atoms with van der Waals surface area (Å²) in [4.78, 5) is 0. The van der Waals surface area contributed by atoms with Gasteiger partial charge in [0.25, 0.3) is 0 Å². The summed E-state index contributed by atoms with van der Waals surface area (Å²) >= 11 is 0. The van der Waals surface area contributed by atoms with Crippen molar-refractivity contribution in [3.63, 3.8) is 0 Å². The zero-order valence-corrected chi connectivity index (χ0v) is 6.99. The van der Waals surface area contributed by atoms with Crippen LogP contribution in [0.2, 0.25) is 0 Å². The van der Waals surface area contributed by atoms with E-state index < -0.39 is 0 Å². The van der Waals surface area contributed by atoms with Gasteiger partial charge in [-0.2, -0.15) is 0 Å². The van der Waals surface area contributed by atoms with Gasteiger partial charge in [-0.25, -0.2) is 0 Å². The van der Waals surface area contributed by atoms with Gasteiger partial charge in [0.2, 0.25) is 0 Å². The molecule has 52 valence electrons. The quantitative estimate of drug-likeness (QED) is 0.387. The summed E-state index contributed by atoms with van der Waals surface area (Å²) in [5.74, 6) is 0. The van der Waals surface area contributed by atoms with Crippen molar-refractivity contribution in [2.45, 2.75) is 0 Å². The normalized spacial score (nSPS) is 0. The molecule has 0 aromatic rings. The van der Waals surface area contributed by atoms with Crippen molar-refractivity contribution >= 4 is 0 Å². The summed E-state index contributed by atoms with van der Waals surface area (Å²) in [6, 6.07) is 0. The molecule has 3 nitrogen and oxygen atoms in total. The SMILES string of the molecule is O.O.O.[Cl-].[Cl-].[Cl-].[Ru+4]. The maximum Gasteiger partial charge on any atom is 4.00 e. The minimum atomic E-state index is 0. The maximum absolute atomic E-state index is 0. The second-order valence-corrected chi connectivity index (χ2v) is 0. The minimum absolute atomic E-state index is 0. The molecule has 0 atom stereocenters. The molecule has 0 aliphatic rings.